The van der Waals surface area contributed by atoms with Crippen molar-refractivity contribution in [3.05, 3.63) is 7.11 Å². The lowest BCUT2D eigenvalue weighted by atomic mass is 10.2. The van der Waals surface area contributed by atoms with Gasteiger partial charge < -0.3 is 4.74 Å². The quantitative estimate of drug-likeness (QED) is 0.519. The molecular formula is C6H10O3. The molecule has 0 aliphatic rings. The van der Waals surface area contributed by atoms with Crippen molar-refractivity contribution in [2.24, 2.45) is 0 Å². The lowest BCUT2D eigenvalue weighted by Gasteiger charge is -1.93. The molecule has 0 amide bonds. The summed E-state index contributed by atoms with van der Waals surface area (Å²) in [6.07, 6.45) is 1.46. The second kappa shape index (κ2) is 5.56. The molecule has 0 N–H and O–H groups in total. The molecule has 0 rings (SSSR count). The highest BCUT2D eigenvalue weighted by Gasteiger charge is 1.96. The summed E-state index contributed by atoms with van der Waals surface area (Å²) in [4.78, 5) is 9.79. The molecule has 52 valence electrons. The van der Waals surface area contributed by atoms with Gasteiger partial charge in [-0.3, -0.25) is 0 Å². The van der Waals surface area contributed by atoms with Gasteiger partial charge in [-0.25, -0.2) is 9.90 Å². The summed E-state index contributed by atoms with van der Waals surface area (Å²) in [5.41, 5.74) is 0. The molecule has 3 nitrogen and oxygen atoms in total. The molecule has 0 saturated carbocycles. The smallest absolute Gasteiger partial charge is 0.355 e. The summed E-state index contributed by atoms with van der Waals surface area (Å²) in [6, 6.07) is 0. The van der Waals surface area contributed by atoms with Crippen LogP contribution in [0.25, 0.3) is 0 Å². The lowest BCUT2D eigenvalue weighted by molar-refractivity contribution is -0.143. The zero-order chi connectivity index (χ0) is 7.11. The van der Waals surface area contributed by atoms with Gasteiger partial charge in [-0.05, 0) is 12.8 Å². The minimum absolute atomic E-state index is 0.114. The Morgan fingerprint density at radius 2 is 2.11 bits per heavy atom. The van der Waals surface area contributed by atoms with Gasteiger partial charge in [0.25, 0.3) is 0 Å². The Hall–Kier alpha value is -0.570. The van der Waals surface area contributed by atoms with E-state index in [2.05, 4.69) is 11.8 Å². The van der Waals surface area contributed by atoms with E-state index in [4.69, 9.17) is 0 Å². The SMILES string of the molecule is [CH2]OCCCCC([O])=O. The fourth-order valence-electron chi connectivity index (χ4n) is 0.473. The lowest BCUT2D eigenvalue weighted by Crippen LogP contribution is -1.93. The molecule has 0 spiro atoms. The van der Waals surface area contributed by atoms with Crippen LogP contribution in [0.15, 0.2) is 0 Å². The van der Waals surface area contributed by atoms with E-state index < -0.39 is 5.97 Å². The van der Waals surface area contributed by atoms with E-state index in [0.717, 1.165) is 6.42 Å². The zero-order valence-corrected chi connectivity index (χ0v) is 5.26. The van der Waals surface area contributed by atoms with Crippen LogP contribution in [0.3, 0.4) is 0 Å². The minimum atomic E-state index is -1.00. The van der Waals surface area contributed by atoms with Crippen molar-refractivity contribution < 1.29 is 14.6 Å². The Bertz CT molecular complexity index is 80.4. The molecule has 0 aromatic carbocycles. The summed E-state index contributed by atoms with van der Waals surface area (Å²) in [7, 11) is 3.14. The number of hydrogen-bond donors (Lipinski definition) is 0. The third-order valence-corrected chi connectivity index (χ3v) is 0.920. The van der Waals surface area contributed by atoms with Crippen molar-refractivity contribution in [3.8, 4) is 0 Å². The highest BCUT2D eigenvalue weighted by atomic mass is 16.5. The maximum absolute atomic E-state index is 9.79. The van der Waals surface area contributed by atoms with E-state index in [1.807, 2.05) is 0 Å². The van der Waals surface area contributed by atoms with Crippen LogP contribution in [0.5, 0.6) is 0 Å². The van der Waals surface area contributed by atoms with Crippen LogP contribution in [-0.2, 0) is 14.6 Å². The van der Waals surface area contributed by atoms with E-state index in [1.165, 1.54) is 0 Å². The van der Waals surface area contributed by atoms with E-state index in [0.29, 0.717) is 13.0 Å². The topological polar surface area (TPSA) is 46.2 Å². The number of hydrogen-bond acceptors (Lipinski definition) is 2. The summed E-state index contributed by atoms with van der Waals surface area (Å²) in [6.45, 7) is 0.521. The van der Waals surface area contributed by atoms with Gasteiger partial charge in [-0.1, -0.05) is 0 Å². The predicted octanol–water partition coefficient (Wildman–Crippen LogP) is 0.922. The van der Waals surface area contributed by atoms with E-state index >= 15 is 0 Å². The van der Waals surface area contributed by atoms with Crippen molar-refractivity contribution in [1.29, 1.82) is 0 Å². The molecule has 0 fully saturated rings. The van der Waals surface area contributed by atoms with Crippen molar-refractivity contribution >= 4 is 5.97 Å². The fraction of sp³-hybridized carbons (Fsp3) is 0.667. The van der Waals surface area contributed by atoms with Crippen molar-refractivity contribution in [2.75, 3.05) is 6.61 Å². The van der Waals surface area contributed by atoms with Gasteiger partial charge >= 0.3 is 5.97 Å². The first kappa shape index (κ1) is 8.43. The summed E-state index contributed by atoms with van der Waals surface area (Å²) >= 11 is 0. The first-order chi connectivity index (χ1) is 4.27. The van der Waals surface area contributed by atoms with Gasteiger partial charge in [0.15, 0.2) is 0 Å². The van der Waals surface area contributed by atoms with Crippen molar-refractivity contribution in [3.63, 3.8) is 0 Å². The summed E-state index contributed by atoms with van der Waals surface area (Å²) < 4.78 is 4.46. The molecule has 0 aliphatic carbocycles. The highest BCUT2D eigenvalue weighted by molar-refractivity contribution is 5.66. The van der Waals surface area contributed by atoms with Crippen molar-refractivity contribution in [2.45, 2.75) is 19.3 Å². The van der Waals surface area contributed by atoms with Crippen molar-refractivity contribution in [1.82, 2.24) is 0 Å². The van der Waals surface area contributed by atoms with Gasteiger partial charge in [0, 0.05) is 6.61 Å². The maximum Gasteiger partial charge on any atom is 0.355 e. The monoisotopic (exact) mass is 130 g/mol. The molecule has 0 heterocycles. The third kappa shape index (κ3) is 7.43. The molecule has 0 aliphatic heterocycles. The standard InChI is InChI=1S/C6H10O3/c1-9-5-3-2-4-6(7)8/h1-5H2. The Morgan fingerprint density at radius 1 is 1.44 bits per heavy atom. The predicted molar refractivity (Wildman–Crippen MR) is 30.9 cm³/mol. The molecule has 0 aromatic heterocycles. The first-order valence-electron chi connectivity index (χ1n) is 2.84. The Balaban J connectivity index is 2.83. The van der Waals surface area contributed by atoms with Gasteiger partial charge in [0.05, 0.1) is 13.5 Å². The van der Waals surface area contributed by atoms with Crippen LogP contribution in [0.2, 0.25) is 0 Å². The molecule has 2 radical (unpaired) electrons. The maximum atomic E-state index is 9.79. The number of unbranched alkanes of at least 4 members (excludes halogenated alkanes) is 1. The Kier molecular flexibility index (Phi) is 5.21. The molecule has 0 unspecified atom stereocenters. The normalized spacial score (nSPS) is 9.44. The van der Waals surface area contributed by atoms with Gasteiger partial charge in [-0.2, -0.15) is 0 Å². The number of ether oxygens (including phenoxy) is 1. The average molecular weight is 130 g/mol. The number of rotatable bonds is 5. The van der Waals surface area contributed by atoms with Crippen LogP contribution >= 0.6 is 0 Å². The molecular weight excluding hydrogens is 120 g/mol. The number of carbonyl (C=O) groups excluding carboxylic acids is 1. The van der Waals surface area contributed by atoms with Crippen LogP contribution in [0.4, 0.5) is 0 Å². The Labute approximate surface area is 54.6 Å². The van der Waals surface area contributed by atoms with Gasteiger partial charge in [0.2, 0.25) is 0 Å². The first-order valence-corrected chi connectivity index (χ1v) is 2.84. The van der Waals surface area contributed by atoms with Crippen LogP contribution < -0.4 is 0 Å². The molecule has 0 atom stereocenters. The second-order valence-electron chi connectivity index (χ2n) is 1.74. The fourth-order valence-corrected chi connectivity index (χ4v) is 0.473. The van der Waals surface area contributed by atoms with Crippen LogP contribution in [0, 0.1) is 7.11 Å². The van der Waals surface area contributed by atoms with E-state index in [1.54, 1.807) is 0 Å². The zero-order valence-electron chi connectivity index (χ0n) is 5.26. The van der Waals surface area contributed by atoms with Crippen LogP contribution in [0.1, 0.15) is 19.3 Å². The highest BCUT2D eigenvalue weighted by Crippen LogP contribution is 1.94. The number of carbonyl (C=O) groups is 1. The van der Waals surface area contributed by atoms with Crippen LogP contribution in [-0.4, -0.2) is 12.6 Å². The van der Waals surface area contributed by atoms with E-state index in [-0.39, 0.29) is 6.42 Å². The minimum Gasteiger partial charge on any atom is -0.379 e. The average Bonchev–Trinajstić information content (AvgIpc) is 1.80. The summed E-state index contributed by atoms with van der Waals surface area (Å²) in [5.74, 6) is -1.00. The molecule has 0 saturated heterocycles. The molecule has 0 aromatic rings. The molecule has 9 heavy (non-hydrogen) atoms. The Morgan fingerprint density at radius 3 is 2.56 bits per heavy atom. The molecule has 0 bridgehead atoms. The second-order valence-corrected chi connectivity index (χ2v) is 1.74. The van der Waals surface area contributed by atoms with E-state index in [9.17, 15) is 9.90 Å². The third-order valence-electron chi connectivity index (χ3n) is 0.920. The molecule has 3 heteroatoms. The largest absolute Gasteiger partial charge is 0.379 e. The van der Waals surface area contributed by atoms with Gasteiger partial charge in [0.1, 0.15) is 0 Å². The summed E-state index contributed by atoms with van der Waals surface area (Å²) in [5, 5.41) is 9.79. The van der Waals surface area contributed by atoms with Gasteiger partial charge in [-0.15, -0.1) is 0 Å².